The van der Waals surface area contributed by atoms with Crippen molar-refractivity contribution in [1.82, 2.24) is 5.06 Å². The number of hydroxylamine groups is 2. The summed E-state index contributed by atoms with van der Waals surface area (Å²) in [7, 11) is -2.95. The predicted octanol–water partition coefficient (Wildman–Crippen LogP) is 2.09. The Balaban J connectivity index is 3.15. The second kappa shape index (κ2) is 8.92. The highest BCUT2D eigenvalue weighted by molar-refractivity contribution is 7.86. The Morgan fingerprint density at radius 3 is 2.19 bits per heavy atom. The van der Waals surface area contributed by atoms with Crippen molar-refractivity contribution in [1.29, 1.82) is 0 Å². The largest absolute Gasteiger partial charge is 0.363 e. The molecule has 0 spiro atoms. The summed E-state index contributed by atoms with van der Waals surface area (Å²) in [6, 6.07) is 0.491. The maximum atomic E-state index is 12.3. The smallest absolute Gasteiger partial charge is 0.300 e. The molecule has 1 atom stereocenters. The molecule has 1 N–H and O–H groups in total. The lowest BCUT2D eigenvalue weighted by atomic mass is 10.2. The highest BCUT2D eigenvalue weighted by atomic mass is 35.5. The van der Waals surface area contributed by atoms with Crippen molar-refractivity contribution in [2.24, 2.45) is 0 Å². The Labute approximate surface area is 159 Å². The number of nitro benzene ring substituents is 2. The quantitative estimate of drug-likeness (QED) is 0.461. The summed E-state index contributed by atoms with van der Waals surface area (Å²) >= 11 is 5.66. The number of nitrogens with one attached hydrogen (secondary N) is 1. The molecule has 1 amide bonds. The van der Waals surface area contributed by atoms with E-state index >= 15 is 0 Å². The summed E-state index contributed by atoms with van der Waals surface area (Å²) in [4.78, 5) is 32.8. The van der Waals surface area contributed by atoms with Crippen LogP contribution in [-0.2, 0) is 19.2 Å². The van der Waals surface area contributed by atoms with Gasteiger partial charge in [-0.3, -0.25) is 25.0 Å². The summed E-state index contributed by atoms with van der Waals surface area (Å²) in [6.45, 7) is 2.84. The normalized spacial score (nSPS) is 12.3. The lowest BCUT2D eigenvalue weighted by molar-refractivity contribution is -0.392. The maximum absolute atomic E-state index is 12.3. The predicted molar refractivity (Wildman–Crippen MR) is 95.8 cm³/mol. The Kier molecular flexibility index (Phi) is 7.45. The lowest BCUT2D eigenvalue weighted by Gasteiger charge is -2.21. The first-order chi connectivity index (χ1) is 12.4. The molecule has 14 heteroatoms. The van der Waals surface area contributed by atoms with Gasteiger partial charge in [-0.2, -0.15) is 8.42 Å². The molecule has 0 aliphatic rings. The van der Waals surface area contributed by atoms with Gasteiger partial charge in [0.25, 0.3) is 16.0 Å². The molecule has 1 rings (SSSR count). The average Bonchev–Trinajstić information content (AvgIpc) is 2.54. The maximum Gasteiger partial charge on any atom is 0.300 e. The molecule has 0 aliphatic heterocycles. The minimum atomic E-state index is -3.99. The fourth-order valence-electron chi connectivity index (χ4n) is 2.06. The van der Waals surface area contributed by atoms with E-state index in [0.29, 0.717) is 5.06 Å². The zero-order chi connectivity index (χ0) is 20.9. The highest BCUT2D eigenvalue weighted by Gasteiger charge is 2.31. The molecule has 0 fully saturated rings. The molecule has 1 aromatic carbocycles. The molecule has 0 saturated carbocycles. The first kappa shape index (κ1) is 22.5. The third kappa shape index (κ3) is 6.01. The number of halogens is 1. The zero-order valence-corrected chi connectivity index (χ0v) is 16.1. The topological polar surface area (TPSA) is 162 Å². The van der Waals surface area contributed by atoms with Crippen LogP contribution >= 0.6 is 11.6 Å². The number of amides is 1. The summed E-state index contributed by atoms with van der Waals surface area (Å²) in [5.41, 5.74) is -1.97. The third-order valence-electron chi connectivity index (χ3n) is 3.18. The van der Waals surface area contributed by atoms with E-state index in [2.05, 4.69) is 9.60 Å². The molecular formula is C13H17ClN4O8S. The average molecular weight is 425 g/mol. The van der Waals surface area contributed by atoms with Crippen molar-refractivity contribution in [2.75, 3.05) is 18.1 Å². The van der Waals surface area contributed by atoms with E-state index in [4.69, 9.17) is 11.6 Å². The van der Waals surface area contributed by atoms with Gasteiger partial charge in [0.05, 0.1) is 20.6 Å². The van der Waals surface area contributed by atoms with Gasteiger partial charge in [-0.15, -0.1) is 4.28 Å². The van der Waals surface area contributed by atoms with E-state index in [-0.39, 0.29) is 17.2 Å². The minimum Gasteiger partial charge on any atom is -0.363 e. The van der Waals surface area contributed by atoms with Crippen LogP contribution in [0.5, 0.6) is 0 Å². The number of anilines is 1. The van der Waals surface area contributed by atoms with Crippen LogP contribution in [0.15, 0.2) is 12.1 Å². The van der Waals surface area contributed by atoms with Crippen molar-refractivity contribution in [2.45, 2.75) is 26.3 Å². The lowest BCUT2D eigenvalue weighted by Crippen LogP contribution is -2.40. The van der Waals surface area contributed by atoms with E-state index in [0.717, 1.165) is 19.2 Å². The van der Waals surface area contributed by atoms with Crippen molar-refractivity contribution in [3.63, 3.8) is 0 Å². The number of carbonyl (C=O) groups excluding carboxylic acids is 1. The van der Waals surface area contributed by atoms with Crippen molar-refractivity contribution >= 4 is 44.7 Å². The molecular weight excluding hydrogens is 408 g/mol. The molecule has 27 heavy (non-hydrogen) atoms. The molecule has 0 bridgehead atoms. The number of hydrogen-bond acceptors (Lipinski definition) is 9. The van der Waals surface area contributed by atoms with Crippen molar-refractivity contribution in [3.05, 3.63) is 37.4 Å². The van der Waals surface area contributed by atoms with Crippen LogP contribution < -0.4 is 5.32 Å². The Morgan fingerprint density at radius 1 is 1.30 bits per heavy atom. The van der Waals surface area contributed by atoms with Gasteiger partial charge in [0.2, 0.25) is 0 Å². The molecule has 12 nitrogen and oxygen atoms in total. The van der Waals surface area contributed by atoms with E-state index in [9.17, 15) is 33.4 Å². The van der Waals surface area contributed by atoms with Gasteiger partial charge in [0.15, 0.2) is 5.69 Å². The number of likely N-dealkylation sites (N-methyl/N-ethyl adjacent to an activating group) is 1. The molecule has 150 valence electrons. The summed E-state index contributed by atoms with van der Waals surface area (Å²) in [5.74, 6) is -1.24. The van der Waals surface area contributed by atoms with Gasteiger partial charge < -0.3 is 5.32 Å². The fraction of sp³-hybridized carbons (Fsp3) is 0.462. The van der Waals surface area contributed by atoms with Crippen LogP contribution in [0.1, 0.15) is 20.3 Å². The Bertz CT molecular complexity index is 825. The first-order valence-electron chi connectivity index (χ1n) is 7.48. The van der Waals surface area contributed by atoms with Gasteiger partial charge in [-0.05, 0) is 13.3 Å². The van der Waals surface area contributed by atoms with Gasteiger partial charge in [0.1, 0.15) is 6.04 Å². The monoisotopic (exact) mass is 424 g/mol. The summed E-state index contributed by atoms with van der Waals surface area (Å²) < 4.78 is 27.8. The zero-order valence-electron chi connectivity index (χ0n) is 14.5. The summed E-state index contributed by atoms with van der Waals surface area (Å²) in [6.07, 6.45) is 0.265. The van der Waals surface area contributed by atoms with Crippen molar-refractivity contribution < 1.29 is 27.3 Å². The van der Waals surface area contributed by atoms with Crippen molar-refractivity contribution in [3.8, 4) is 0 Å². The minimum absolute atomic E-state index is 0.232. The van der Waals surface area contributed by atoms with Crippen LogP contribution in [0.4, 0.5) is 17.1 Å². The van der Waals surface area contributed by atoms with Gasteiger partial charge >= 0.3 is 11.4 Å². The van der Waals surface area contributed by atoms with E-state index in [1.54, 1.807) is 6.92 Å². The number of carbonyl (C=O) groups is 1. The number of rotatable bonds is 9. The second-order valence-corrected chi connectivity index (χ2v) is 7.48. The van der Waals surface area contributed by atoms with Crippen LogP contribution in [-0.4, -0.2) is 48.1 Å². The third-order valence-corrected chi connectivity index (χ3v) is 4.75. The molecule has 0 aromatic heterocycles. The first-order valence-corrected chi connectivity index (χ1v) is 9.43. The molecule has 0 heterocycles. The number of nitro groups is 2. The van der Waals surface area contributed by atoms with Gasteiger partial charge in [-0.25, -0.2) is 5.06 Å². The SMILES string of the molecule is CCCS(=O)(=O)ON(C)C(=O)C(C)Nc1c([N+](=O)[O-])cc(Cl)cc1[N+](=O)[O-]. The molecule has 1 unspecified atom stereocenters. The van der Waals surface area contributed by atoms with E-state index in [1.165, 1.54) is 6.92 Å². The number of hydrogen-bond donors (Lipinski definition) is 1. The Morgan fingerprint density at radius 2 is 1.78 bits per heavy atom. The fourth-order valence-corrected chi connectivity index (χ4v) is 3.25. The van der Waals surface area contributed by atoms with E-state index in [1.807, 2.05) is 0 Å². The molecule has 1 aromatic rings. The van der Waals surface area contributed by atoms with Crippen LogP contribution in [0.2, 0.25) is 5.02 Å². The Hall–Kier alpha value is -2.51. The van der Waals surface area contributed by atoms with Crippen LogP contribution in [0, 0.1) is 20.2 Å². The van der Waals surface area contributed by atoms with Gasteiger partial charge in [-0.1, -0.05) is 18.5 Å². The summed E-state index contributed by atoms with van der Waals surface area (Å²) in [5, 5.41) is 24.9. The number of benzene rings is 1. The highest BCUT2D eigenvalue weighted by Crippen LogP contribution is 2.37. The van der Waals surface area contributed by atoms with Gasteiger partial charge in [0, 0.05) is 19.2 Å². The van der Waals surface area contributed by atoms with E-state index < -0.39 is 49.0 Å². The molecule has 0 saturated heterocycles. The molecule has 0 aliphatic carbocycles. The van der Waals surface area contributed by atoms with Crippen LogP contribution in [0.3, 0.4) is 0 Å². The molecule has 0 radical (unpaired) electrons. The standard InChI is InChI=1S/C13H17ClN4O8S/c1-4-5-27(24,25)26-16(3)13(19)8(2)15-12-10(17(20)21)6-9(14)7-11(12)18(22)23/h6-8,15H,4-5H2,1-3H3. The second-order valence-electron chi connectivity index (χ2n) is 5.37. The number of nitrogens with zero attached hydrogens (tertiary/aromatic N) is 3. The van der Waals surface area contributed by atoms with Crippen LogP contribution in [0.25, 0.3) is 0 Å².